The van der Waals surface area contributed by atoms with Gasteiger partial charge in [-0.2, -0.15) is 0 Å². The first-order valence-corrected chi connectivity index (χ1v) is 6.39. The van der Waals surface area contributed by atoms with Gasteiger partial charge in [0, 0.05) is 0 Å². The third-order valence-electron chi connectivity index (χ3n) is 2.64. The molecule has 3 N–H and O–H groups in total. The van der Waals surface area contributed by atoms with Crippen LogP contribution in [0.2, 0.25) is 5.02 Å². The fourth-order valence-electron chi connectivity index (χ4n) is 1.64. The van der Waals surface area contributed by atoms with Crippen molar-refractivity contribution in [3.8, 4) is 0 Å². The smallest absolute Gasteiger partial charge is 0.326 e. The van der Waals surface area contributed by atoms with Crippen LogP contribution in [0.3, 0.4) is 0 Å². The average molecular weight is 285 g/mol. The molecule has 1 unspecified atom stereocenters. The van der Waals surface area contributed by atoms with Crippen molar-refractivity contribution < 1.29 is 14.7 Å². The molecular formula is C13H17ClN2O3. The molecule has 1 atom stereocenters. The second-order valence-corrected chi connectivity index (χ2v) is 4.62. The molecular weight excluding hydrogens is 268 g/mol. The van der Waals surface area contributed by atoms with E-state index in [0.29, 0.717) is 23.6 Å². The zero-order chi connectivity index (χ0) is 14.4. The molecule has 0 aliphatic carbocycles. The van der Waals surface area contributed by atoms with Crippen molar-refractivity contribution in [3.63, 3.8) is 0 Å². The number of carbonyl (C=O) groups excluding carboxylic acids is 1. The summed E-state index contributed by atoms with van der Waals surface area (Å²) in [5.41, 5.74) is 1.30. The van der Waals surface area contributed by atoms with E-state index in [1.165, 1.54) is 0 Å². The lowest BCUT2D eigenvalue weighted by Crippen LogP contribution is -2.43. The lowest BCUT2D eigenvalue weighted by atomic mass is 10.2. The summed E-state index contributed by atoms with van der Waals surface area (Å²) in [4.78, 5) is 22.7. The van der Waals surface area contributed by atoms with E-state index in [1.54, 1.807) is 12.1 Å². The maximum Gasteiger partial charge on any atom is 0.326 e. The Morgan fingerprint density at radius 1 is 1.42 bits per heavy atom. The Balaban J connectivity index is 2.72. The Morgan fingerprint density at radius 2 is 2.11 bits per heavy atom. The summed E-state index contributed by atoms with van der Waals surface area (Å²) in [6.07, 6.45) is 1.05. The van der Waals surface area contributed by atoms with Gasteiger partial charge in [0.25, 0.3) is 0 Å². The van der Waals surface area contributed by atoms with Crippen molar-refractivity contribution in [3.05, 3.63) is 28.8 Å². The number of hydrogen-bond donors (Lipinski definition) is 3. The highest BCUT2D eigenvalue weighted by molar-refractivity contribution is 6.33. The van der Waals surface area contributed by atoms with Gasteiger partial charge in [0.15, 0.2) is 0 Å². The van der Waals surface area contributed by atoms with Crippen molar-refractivity contribution >= 4 is 29.3 Å². The number of aryl methyl sites for hydroxylation is 1. The van der Waals surface area contributed by atoms with Crippen molar-refractivity contribution in [2.24, 2.45) is 0 Å². The molecule has 0 heterocycles. The highest BCUT2D eigenvalue weighted by Gasteiger charge is 2.19. The van der Waals surface area contributed by atoms with E-state index in [-0.39, 0.29) is 0 Å². The number of urea groups is 1. The van der Waals surface area contributed by atoms with Gasteiger partial charge in [0.2, 0.25) is 0 Å². The molecule has 104 valence electrons. The van der Waals surface area contributed by atoms with Crippen LogP contribution in [0.4, 0.5) is 10.5 Å². The highest BCUT2D eigenvalue weighted by atomic mass is 35.5. The van der Waals surface area contributed by atoms with Gasteiger partial charge < -0.3 is 15.7 Å². The predicted molar refractivity (Wildman–Crippen MR) is 74.7 cm³/mol. The molecule has 2 amide bonds. The molecule has 0 fully saturated rings. The van der Waals surface area contributed by atoms with Gasteiger partial charge in [-0.05, 0) is 25.0 Å². The quantitative estimate of drug-likeness (QED) is 0.777. The molecule has 19 heavy (non-hydrogen) atoms. The summed E-state index contributed by atoms with van der Waals surface area (Å²) in [6, 6.07) is 3.77. The Bertz CT molecular complexity index is 457. The SMILES string of the molecule is CCCC(NC(=O)Nc1c(C)cccc1Cl)C(=O)O. The van der Waals surface area contributed by atoms with Gasteiger partial charge in [0.05, 0.1) is 10.7 Å². The number of nitrogens with one attached hydrogen (secondary N) is 2. The third kappa shape index (κ3) is 4.44. The summed E-state index contributed by atoms with van der Waals surface area (Å²) >= 11 is 5.98. The van der Waals surface area contributed by atoms with E-state index in [1.807, 2.05) is 19.9 Å². The molecule has 0 saturated heterocycles. The molecule has 0 aromatic heterocycles. The summed E-state index contributed by atoms with van der Waals surface area (Å²) in [6.45, 7) is 3.66. The zero-order valence-corrected chi connectivity index (χ0v) is 11.6. The number of aliphatic carboxylic acids is 1. The van der Waals surface area contributed by atoms with Gasteiger partial charge in [-0.3, -0.25) is 0 Å². The molecule has 0 aliphatic rings. The number of rotatable bonds is 5. The largest absolute Gasteiger partial charge is 0.480 e. The lowest BCUT2D eigenvalue weighted by Gasteiger charge is -2.15. The van der Waals surface area contributed by atoms with Crippen LogP contribution in [0.25, 0.3) is 0 Å². The Labute approximate surface area is 117 Å². The van der Waals surface area contributed by atoms with E-state index >= 15 is 0 Å². The summed E-state index contributed by atoms with van der Waals surface area (Å²) < 4.78 is 0. The van der Waals surface area contributed by atoms with Crippen LogP contribution >= 0.6 is 11.6 Å². The lowest BCUT2D eigenvalue weighted by molar-refractivity contribution is -0.139. The van der Waals surface area contributed by atoms with Crippen LogP contribution in [-0.2, 0) is 4.79 Å². The number of halogens is 1. The fraction of sp³-hybridized carbons (Fsp3) is 0.385. The van der Waals surface area contributed by atoms with Crippen molar-refractivity contribution in [2.45, 2.75) is 32.7 Å². The zero-order valence-electron chi connectivity index (χ0n) is 10.9. The second kappa shape index (κ2) is 6.99. The standard InChI is InChI=1S/C13H17ClN2O3/c1-3-5-10(12(17)18)15-13(19)16-11-8(2)6-4-7-9(11)14/h4,6-7,10H,3,5H2,1-2H3,(H,17,18)(H2,15,16,19). The Hall–Kier alpha value is -1.75. The van der Waals surface area contributed by atoms with Gasteiger partial charge in [-0.15, -0.1) is 0 Å². The van der Waals surface area contributed by atoms with E-state index in [0.717, 1.165) is 5.56 Å². The topological polar surface area (TPSA) is 78.4 Å². The first-order chi connectivity index (χ1) is 8.95. The number of carboxylic acids is 1. The molecule has 5 nitrogen and oxygen atoms in total. The van der Waals surface area contributed by atoms with Gasteiger partial charge in [0.1, 0.15) is 6.04 Å². The van der Waals surface area contributed by atoms with Crippen LogP contribution in [0, 0.1) is 6.92 Å². The molecule has 0 saturated carbocycles. The highest BCUT2D eigenvalue weighted by Crippen LogP contribution is 2.24. The van der Waals surface area contributed by atoms with E-state index in [2.05, 4.69) is 10.6 Å². The normalized spacial score (nSPS) is 11.7. The maximum atomic E-state index is 11.8. The number of hydrogen-bond acceptors (Lipinski definition) is 2. The summed E-state index contributed by atoms with van der Waals surface area (Å²) in [7, 11) is 0. The number of carboxylic acid groups (broad SMARTS) is 1. The number of carbonyl (C=O) groups is 2. The summed E-state index contributed by atoms with van der Waals surface area (Å²) in [5.74, 6) is -1.05. The number of benzene rings is 1. The first-order valence-electron chi connectivity index (χ1n) is 6.01. The maximum absolute atomic E-state index is 11.8. The van der Waals surface area contributed by atoms with Crippen molar-refractivity contribution in [2.75, 3.05) is 5.32 Å². The van der Waals surface area contributed by atoms with Crippen molar-refractivity contribution in [1.29, 1.82) is 0 Å². The molecule has 0 bridgehead atoms. The molecule has 1 aromatic carbocycles. The molecule has 1 aromatic rings. The predicted octanol–water partition coefficient (Wildman–Crippen LogP) is 3.02. The van der Waals surface area contributed by atoms with Crippen LogP contribution in [0.5, 0.6) is 0 Å². The van der Waals surface area contributed by atoms with Crippen molar-refractivity contribution in [1.82, 2.24) is 5.32 Å². The molecule has 0 spiro atoms. The minimum absolute atomic E-state index is 0.379. The van der Waals surface area contributed by atoms with Gasteiger partial charge in [-0.1, -0.05) is 37.1 Å². The van der Waals surface area contributed by atoms with Crippen LogP contribution in [0.15, 0.2) is 18.2 Å². The number of amides is 2. The third-order valence-corrected chi connectivity index (χ3v) is 2.96. The van der Waals surface area contributed by atoms with Crippen LogP contribution < -0.4 is 10.6 Å². The summed E-state index contributed by atoms with van der Waals surface area (Å²) in [5, 5.41) is 14.4. The second-order valence-electron chi connectivity index (χ2n) is 4.21. The van der Waals surface area contributed by atoms with Crippen LogP contribution in [-0.4, -0.2) is 23.1 Å². The Kier molecular flexibility index (Phi) is 5.63. The van der Waals surface area contributed by atoms with Gasteiger partial charge in [-0.25, -0.2) is 9.59 Å². The minimum atomic E-state index is -1.05. The number of para-hydroxylation sites is 1. The van der Waals surface area contributed by atoms with Crippen LogP contribution in [0.1, 0.15) is 25.3 Å². The number of anilines is 1. The minimum Gasteiger partial charge on any atom is -0.480 e. The monoisotopic (exact) mass is 284 g/mol. The molecule has 6 heteroatoms. The van der Waals surface area contributed by atoms with E-state index in [9.17, 15) is 9.59 Å². The van der Waals surface area contributed by atoms with E-state index in [4.69, 9.17) is 16.7 Å². The average Bonchev–Trinajstić information content (AvgIpc) is 2.33. The van der Waals surface area contributed by atoms with E-state index < -0.39 is 18.0 Å². The fourth-order valence-corrected chi connectivity index (χ4v) is 1.91. The molecule has 0 aliphatic heterocycles. The molecule has 1 rings (SSSR count). The first kappa shape index (κ1) is 15.3. The van der Waals surface area contributed by atoms with Gasteiger partial charge >= 0.3 is 12.0 Å². The Morgan fingerprint density at radius 3 is 2.63 bits per heavy atom. The molecule has 0 radical (unpaired) electrons.